The van der Waals surface area contributed by atoms with E-state index in [0.717, 1.165) is 33.3 Å². The molecule has 0 aliphatic rings. The van der Waals surface area contributed by atoms with E-state index in [1.807, 2.05) is 24.3 Å². The third-order valence-corrected chi connectivity index (χ3v) is 3.38. The quantitative estimate of drug-likeness (QED) is 0.862. The van der Waals surface area contributed by atoms with Gasteiger partial charge in [0.05, 0.1) is 6.61 Å². The van der Waals surface area contributed by atoms with E-state index in [-0.39, 0.29) is 0 Å². The van der Waals surface area contributed by atoms with E-state index in [9.17, 15) is 0 Å². The molecule has 0 saturated carbocycles. The molecule has 0 saturated heterocycles. The minimum Gasteiger partial charge on any atom is -0.494 e. The summed E-state index contributed by atoms with van der Waals surface area (Å²) in [4.78, 5) is 0. The molecule has 5 heteroatoms. The molecular weight excluding hydrogens is 288 g/mol. The molecule has 0 radical (unpaired) electrons. The van der Waals surface area contributed by atoms with Gasteiger partial charge < -0.3 is 4.74 Å². The van der Waals surface area contributed by atoms with Gasteiger partial charge in [0, 0.05) is 5.56 Å². The van der Waals surface area contributed by atoms with Crippen LogP contribution >= 0.6 is 27.3 Å². The van der Waals surface area contributed by atoms with Crippen molar-refractivity contribution >= 4 is 27.3 Å². The minimum absolute atomic E-state index is 0.754. The van der Waals surface area contributed by atoms with E-state index in [2.05, 4.69) is 33.1 Å². The smallest absolute Gasteiger partial charge is 0.183 e. The van der Waals surface area contributed by atoms with Crippen LogP contribution in [0.4, 0.5) is 0 Å². The number of hydrogen-bond donors (Lipinski definition) is 0. The van der Waals surface area contributed by atoms with E-state index < -0.39 is 0 Å². The molecule has 1 heterocycles. The fourth-order valence-corrected chi connectivity index (χ4v) is 2.35. The normalized spacial score (nSPS) is 10.4. The number of rotatable bonds is 4. The highest BCUT2D eigenvalue weighted by atomic mass is 79.9. The van der Waals surface area contributed by atoms with Gasteiger partial charge in [-0.05, 0) is 46.6 Å². The molecule has 0 aliphatic heterocycles. The van der Waals surface area contributed by atoms with E-state index in [0.29, 0.717) is 0 Å². The summed E-state index contributed by atoms with van der Waals surface area (Å²) >= 11 is 4.82. The van der Waals surface area contributed by atoms with Crippen molar-refractivity contribution in [3.63, 3.8) is 0 Å². The zero-order valence-corrected chi connectivity index (χ0v) is 11.2. The summed E-state index contributed by atoms with van der Waals surface area (Å²) in [7, 11) is 0. The van der Waals surface area contributed by atoms with Crippen molar-refractivity contribution in [1.29, 1.82) is 0 Å². The SMILES string of the molecule is CCCOc1ccc(-c2nnc(Br)s2)cc1. The molecule has 84 valence electrons. The lowest BCUT2D eigenvalue weighted by Gasteiger charge is -2.04. The van der Waals surface area contributed by atoms with Crippen molar-refractivity contribution in [2.75, 3.05) is 6.61 Å². The molecule has 3 nitrogen and oxygen atoms in total. The molecule has 0 amide bonds. The fourth-order valence-electron chi connectivity index (χ4n) is 1.24. The second-order valence-corrected chi connectivity index (χ2v) is 5.49. The zero-order valence-electron chi connectivity index (χ0n) is 8.81. The maximum Gasteiger partial charge on any atom is 0.183 e. The number of nitrogens with zero attached hydrogens (tertiary/aromatic N) is 2. The first kappa shape index (κ1) is 11.5. The second-order valence-electron chi connectivity index (χ2n) is 3.23. The van der Waals surface area contributed by atoms with Crippen molar-refractivity contribution in [3.8, 4) is 16.3 Å². The Morgan fingerprint density at radius 1 is 1.25 bits per heavy atom. The summed E-state index contributed by atoms with van der Waals surface area (Å²) in [5.74, 6) is 0.897. The van der Waals surface area contributed by atoms with Gasteiger partial charge in [-0.15, -0.1) is 10.2 Å². The molecule has 1 aromatic carbocycles. The highest BCUT2D eigenvalue weighted by molar-refractivity contribution is 9.11. The predicted octanol–water partition coefficient (Wildman–Crippen LogP) is 3.76. The van der Waals surface area contributed by atoms with Gasteiger partial charge in [-0.2, -0.15) is 0 Å². The van der Waals surface area contributed by atoms with Crippen LogP contribution in [-0.2, 0) is 0 Å². The Balaban J connectivity index is 2.13. The standard InChI is InChI=1S/C11H11BrN2OS/c1-2-7-15-9-5-3-8(4-6-9)10-13-14-11(12)16-10/h3-6H,2,7H2,1H3. The largest absolute Gasteiger partial charge is 0.494 e. The Labute approximate surface area is 107 Å². The molecule has 0 N–H and O–H groups in total. The number of aromatic nitrogens is 2. The third-order valence-electron chi connectivity index (χ3n) is 1.97. The fraction of sp³-hybridized carbons (Fsp3) is 0.273. The first-order chi connectivity index (χ1) is 7.79. The van der Waals surface area contributed by atoms with E-state index in [1.54, 1.807) is 0 Å². The van der Waals surface area contributed by atoms with Crippen LogP contribution in [0.2, 0.25) is 0 Å². The van der Waals surface area contributed by atoms with Gasteiger partial charge in [-0.3, -0.25) is 0 Å². The monoisotopic (exact) mass is 298 g/mol. The molecule has 1 aromatic heterocycles. The summed E-state index contributed by atoms with van der Waals surface area (Å²) < 4.78 is 6.31. The lowest BCUT2D eigenvalue weighted by molar-refractivity contribution is 0.317. The second kappa shape index (κ2) is 5.41. The first-order valence-corrected chi connectivity index (χ1v) is 6.63. The molecule has 0 fully saturated rings. The van der Waals surface area contributed by atoms with Crippen LogP contribution in [-0.4, -0.2) is 16.8 Å². The molecule has 0 spiro atoms. The molecule has 0 bridgehead atoms. The Morgan fingerprint density at radius 3 is 2.56 bits per heavy atom. The van der Waals surface area contributed by atoms with Gasteiger partial charge in [0.25, 0.3) is 0 Å². The van der Waals surface area contributed by atoms with Crippen molar-refractivity contribution in [3.05, 3.63) is 28.2 Å². The summed E-state index contributed by atoms with van der Waals surface area (Å²) in [5, 5.41) is 8.89. The van der Waals surface area contributed by atoms with E-state index in [1.165, 1.54) is 11.3 Å². The van der Waals surface area contributed by atoms with Gasteiger partial charge in [0.15, 0.2) is 3.92 Å². The number of hydrogen-bond acceptors (Lipinski definition) is 4. The highest BCUT2D eigenvalue weighted by Gasteiger charge is 2.04. The Kier molecular flexibility index (Phi) is 3.90. The van der Waals surface area contributed by atoms with Gasteiger partial charge >= 0.3 is 0 Å². The van der Waals surface area contributed by atoms with Crippen molar-refractivity contribution < 1.29 is 4.74 Å². The highest BCUT2D eigenvalue weighted by Crippen LogP contribution is 2.27. The molecule has 0 atom stereocenters. The molecule has 0 aliphatic carbocycles. The maximum absolute atomic E-state index is 5.51. The molecular formula is C11H11BrN2OS. The Bertz CT molecular complexity index is 455. The van der Waals surface area contributed by atoms with Crippen LogP contribution < -0.4 is 4.74 Å². The number of ether oxygens (including phenoxy) is 1. The third kappa shape index (κ3) is 2.80. The lowest BCUT2D eigenvalue weighted by Crippen LogP contribution is -1.94. The molecule has 2 aromatic rings. The summed E-state index contributed by atoms with van der Waals surface area (Å²) in [6.07, 6.45) is 1.02. The molecule has 16 heavy (non-hydrogen) atoms. The number of benzene rings is 1. The predicted molar refractivity (Wildman–Crippen MR) is 68.8 cm³/mol. The van der Waals surface area contributed by atoms with Gasteiger partial charge in [0.1, 0.15) is 10.8 Å². The minimum atomic E-state index is 0.754. The van der Waals surface area contributed by atoms with E-state index in [4.69, 9.17) is 4.74 Å². The summed E-state index contributed by atoms with van der Waals surface area (Å²) in [6.45, 7) is 2.84. The topological polar surface area (TPSA) is 35.0 Å². The lowest BCUT2D eigenvalue weighted by atomic mass is 10.2. The van der Waals surface area contributed by atoms with E-state index >= 15 is 0 Å². The van der Waals surface area contributed by atoms with Gasteiger partial charge in [-0.25, -0.2) is 0 Å². The summed E-state index contributed by atoms with van der Waals surface area (Å²) in [6, 6.07) is 7.91. The van der Waals surface area contributed by atoms with Crippen molar-refractivity contribution in [2.45, 2.75) is 13.3 Å². The average molecular weight is 299 g/mol. The Morgan fingerprint density at radius 2 is 2.00 bits per heavy atom. The molecule has 0 unspecified atom stereocenters. The zero-order chi connectivity index (χ0) is 11.4. The summed E-state index contributed by atoms with van der Waals surface area (Å²) in [5.41, 5.74) is 1.06. The maximum atomic E-state index is 5.51. The molecule has 2 rings (SSSR count). The number of halogens is 1. The average Bonchev–Trinajstić information content (AvgIpc) is 2.74. The van der Waals surface area contributed by atoms with Crippen LogP contribution in [0.1, 0.15) is 13.3 Å². The van der Waals surface area contributed by atoms with Gasteiger partial charge in [0.2, 0.25) is 0 Å². The van der Waals surface area contributed by atoms with Crippen molar-refractivity contribution in [1.82, 2.24) is 10.2 Å². The first-order valence-electron chi connectivity index (χ1n) is 5.02. The Hall–Kier alpha value is -0.940. The van der Waals surface area contributed by atoms with Gasteiger partial charge in [-0.1, -0.05) is 18.3 Å². The van der Waals surface area contributed by atoms with Crippen molar-refractivity contribution in [2.24, 2.45) is 0 Å². The van der Waals surface area contributed by atoms with Crippen LogP contribution in [0.25, 0.3) is 10.6 Å². The van der Waals surface area contributed by atoms with Crippen LogP contribution in [0.3, 0.4) is 0 Å². The van der Waals surface area contributed by atoms with Crippen LogP contribution in [0.5, 0.6) is 5.75 Å². The van der Waals surface area contributed by atoms with Crippen LogP contribution in [0.15, 0.2) is 28.2 Å². The van der Waals surface area contributed by atoms with Crippen LogP contribution in [0, 0.1) is 0 Å².